The Balaban J connectivity index is 1.52. The van der Waals surface area contributed by atoms with Crippen LogP contribution in [0.25, 0.3) is 11.0 Å². The van der Waals surface area contributed by atoms with E-state index >= 15 is 0 Å². The Morgan fingerprint density at radius 1 is 1.00 bits per heavy atom. The van der Waals surface area contributed by atoms with Crippen LogP contribution in [0.5, 0.6) is 0 Å². The zero-order chi connectivity index (χ0) is 20.9. The fraction of sp³-hybridized carbons (Fsp3) is 0.190. The number of benzene rings is 2. The molecule has 152 valence electrons. The van der Waals surface area contributed by atoms with Crippen molar-refractivity contribution in [2.45, 2.75) is 25.3 Å². The Hall–Kier alpha value is -4.01. The first-order chi connectivity index (χ1) is 14.6. The quantitative estimate of drug-likeness (QED) is 0.369. The van der Waals surface area contributed by atoms with Crippen LogP contribution in [0.2, 0.25) is 0 Å². The maximum absolute atomic E-state index is 12.6. The Bertz CT molecular complexity index is 1240. The zero-order valence-corrected chi connectivity index (χ0v) is 16.0. The highest BCUT2D eigenvalue weighted by Gasteiger charge is 2.19. The lowest BCUT2D eigenvalue weighted by Gasteiger charge is -2.17. The number of aromatic nitrogens is 5. The van der Waals surface area contributed by atoms with E-state index in [0.717, 1.165) is 16.6 Å². The normalized spacial score (nSPS) is 12.0. The maximum Gasteiger partial charge on any atom is 0.342 e. The van der Waals surface area contributed by atoms with Crippen LogP contribution in [-0.2, 0) is 17.6 Å². The molecule has 4 rings (SSSR count). The number of rotatable bonds is 7. The van der Waals surface area contributed by atoms with Crippen LogP contribution >= 0.6 is 0 Å². The number of imidazole rings is 1. The summed E-state index contributed by atoms with van der Waals surface area (Å²) in [6.45, 7) is 0. The van der Waals surface area contributed by atoms with Crippen molar-refractivity contribution in [1.29, 1.82) is 0 Å². The van der Waals surface area contributed by atoms with E-state index in [0.29, 0.717) is 12.2 Å². The molecule has 30 heavy (non-hydrogen) atoms. The summed E-state index contributed by atoms with van der Waals surface area (Å²) in [6, 6.07) is 17.1. The lowest BCUT2D eigenvalue weighted by molar-refractivity contribution is -0.121. The molecule has 0 bridgehead atoms. The Kier molecular flexibility index (Phi) is 5.51. The molecule has 1 atom stereocenters. The molecular formula is C21H20N6O3. The highest BCUT2D eigenvalue weighted by molar-refractivity contribution is 5.77. The van der Waals surface area contributed by atoms with Gasteiger partial charge in [-0.3, -0.25) is 14.6 Å². The number of nitrogens with one attached hydrogen (secondary N) is 4. The summed E-state index contributed by atoms with van der Waals surface area (Å²) in [5, 5.41) is 8.87. The fourth-order valence-corrected chi connectivity index (χ4v) is 3.24. The fourth-order valence-electron chi connectivity index (χ4n) is 3.24. The molecular weight excluding hydrogens is 384 g/mol. The highest BCUT2D eigenvalue weighted by atomic mass is 16.2. The first-order valence-electron chi connectivity index (χ1n) is 9.54. The van der Waals surface area contributed by atoms with Crippen molar-refractivity contribution in [3.63, 3.8) is 0 Å². The largest absolute Gasteiger partial charge is 0.346 e. The summed E-state index contributed by atoms with van der Waals surface area (Å²) in [7, 11) is 0. The Labute approximate surface area is 170 Å². The molecule has 4 aromatic rings. The van der Waals surface area contributed by atoms with Gasteiger partial charge in [0.1, 0.15) is 11.5 Å². The minimum atomic E-state index is -0.680. The molecule has 2 heterocycles. The zero-order valence-electron chi connectivity index (χ0n) is 16.0. The molecule has 1 unspecified atom stereocenters. The van der Waals surface area contributed by atoms with Crippen LogP contribution in [0.3, 0.4) is 0 Å². The van der Waals surface area contributed by atoms with Crippen LogP contribution in [0.1, 0.15) is 29.5 Å². The molecule has 1 amide bonds. The first kappa shape index (κ1) is 19.3. The van der Waals surface area contributed by atoms with E-state index in [2.05, 4.69) is 30.5 Å². The second kappa shape index (κ2) is 8.56. The van der Waals surface area contributed by atoms with Gasteiger partial charge < -0.3 is 10.3 Å². The van der Waals surface area contributed by atoms with Gasteiger partial charge >= 0.3 is 5.69 Å². The molecule has 0 saturated carbocycles. The summed E-state index contributed by atoms with van der Waals surface area (Å²) in [5.74, 6) is 0.414. The van der Waals surface area contributed by atoms with E-state index in [4.69, 9.17) is 0 Å². The topological polar surface area (TPSA) is 136 Å². The van der Waals surface area contributed by atoms with Crippen molar-refractivity contribution in [3.8, 4) is 0 Å². The van der Waals surface area contributed by atoms with Crippen molar-refractivity contribution in [2.24, 2.45) is 0 Å². The minimum Gasteiger partial charge on any atom is -0.346 e. The van der Waals surface area contributed by atoms with Crippen molar-refractivity contribution >= 4 is 16.9 Å². The number of carbonyl (C=O) groups is 1. The van der Waals surface area contributed by atoms with Gasteiger partial charge in [-0.15, -0.1) is 0 Å². The van der Waals surface area contributed by atoms with Crippen LogP contribution in [0, 0.1) is 0 Å². The maximum atomic E-state index is 12.6. The molecule has 0 aliphatic heterocycles. The molecule has 2 aromatic carbocycles. The van der Waals surface area contributed by atoms with Crippen molar-refractivity contribution in [1.82, 2.24) is 30.5 Å². The summed E-state index contributed by atoms with van der Waals surface area (Å²) < 4.78 is 0. The van der Waals surface area contributed by atoms with Crippen LogP contribution in [0.4, 0.5) is 0 Å². The van der Waals surface area contributed by atoms with E-state index in [1.54, 1.807) is 0 Å². The third kappa shape index (κ3) is 4.52. The summed E-state index contributed by atoms with van der Waals surface area (Å²) in [5.41, 5.74) is 1.60. The Morgan fingerprint density at radius 3 is 2.53 bits per heavy atom. The number of amides is 1. The van der Waals surface area contributed by atoms with E-state index in [1.807, 2.05) is 54.6 Å². The van der Waals surface area contributed by atoms with Gasteiger partial charge in [0.25, 0.3) is 5.56 Å². The molecule has 0 fully saturated rings. The smallest absolute Gasteiger partial charge is 0.342 e. The number of nitrogens with zero attached hydrogens (tertiary/aromatic N) is 2. The number of aromatic amines is 3. The molecule has 0 saturated heterocycles. The summed E-state index contributed by atoms with van der Waals surface area (Å²) in [4.78, 5) is 45.4. The van der Waals surface area contributed by atoms with Gasteiger partial charge in [0.05, 0.1) is 17.1 Å². The summed E-state index contributed by atoms with van der Waals surface area (Å²) >= 11 is 0. The second-order valence-corrected chi connectivity index (χ2v) is 6.90. The number of hydrogen-bond acceptors (Lipinski definition) is 5. The predicted molar refractivity (Wildman–Crippen MR) is 111 cm³/mol. The second-order valence-electron chi connectivity index (χ2n) is 6.90. The third-order valence-electron chi connectivity index (χ3n) is 4.73. The van der Waals surface area contributed by atoms with Crippen molar-refractivity contribution < 1.29 is 4.79 Å². The van der Waals surface area contributed by atoms with Crippen molar-refractivity contribution in [2.75, 3.05) is 0 Å². The number of fused-ring (bicyclic) bond motifs is 1. The minimum absolute atomic E-state index is 0.0492. The standard InChI is InChI=1S/C21H20N6O3/c28-18(11-10-16-20(29)25-21(30)27-26-16)22-17(12-13-6-2-1-3-7-13)19-23-14-8-4-5-9-15(14)24-19/h1-9,17H,10-12H2,(H,22,28)(H,23,24)(H2,25,27,29,30). The lowest BCUT2D eigenvalue weighted by atomic mass is 10.0. The van der Waals surface area contributed by atoms with Gasteiger partial charge in [-0.25, -0.2) is 14.9 Å². The molecule has 2 aromatic heterocycles. The Morgan fingerprint density at radius 2 is 1.77 bits per heavy atom. The van der Waals surface area contributed by atoms with E-state index < -0.39 is 11.2 Å². The van der Waals surface area contributed by atoms with E-state index in [-0.39, 0.29) is 30.5 Å². The van der Waals surface area contributed by atoms with Gasteiger partial charge in [0.15, 0.2) is 0 Å². The molecule has 0 spiro atoms. The van der Waals surface area contributed by atoms with Crippen LogP contribution in [0.15, 0.2) is 64.2 Å². The third-order valence-corrected chi connectivity index (χ3v) is 4.73. The SMILES string of the molecule is O=C(CCc1n[nH]c(=O)[nH]c1=O)NC(Cc1ccccc1)c1nc2ccccc2[nH]1. The number of carbonyl (C=O) groups excluding carboxylic acids is 1. The van der Waals surface area contributed by atoms with E-state index in [1.165, 1.54) is 0 Å². The van der Waals surface area contributed by atoms with Crippen molar-refractivity contribution in [3.05, 3.63) is 92.5 Å². The van der Waals surface area contributed by atoms with Gasteiger partial charge in [-0.2, -0.15) is 5.10 Å². The van der Waals surface area contributed by atoms with Gasteiger partial charge in [0.2, 0.25) is 5.91 Å². The molecule has 0 aliphatic rings. The average Bonchev–Trinajstić information content (AvgIpc) is 3.18. The average molecular weight is 404 g/mol. The van der Waals surface area contributed by atoms with Gasteiger partial charge in [-0.05, 0) is 24.1 Å². The van der Waals surface area contributed by atoms with Gasteiger partial charge in [0, 0.05) is 12.8 Å². The number of aryl methyl sites for hydroxylation is 1. The highest BCUT2D eigenvalue weighted by Crippen LogP contribution is 2.20. The monoisotopic (exact) mass is 404 g/mol. The van der Waals surface area contributed by atoms with Gasteiger partial charge in [-0.1, -0.05) is 42.5 Å². The predicted octanol–water partition coefficient (Wildman–Crippen LogP) is 1.37. The molecule has 4 N–H and O–H groups in total. The molecule has 0 aliphatic carbocycles. The summed E-state index contributed by atoms with van der Waals surface area (Å²) in [6.07, 6.45) is 0.716. The first-order valence-corrected chi connectivity index (χ1v) is 9.54. The molecule has 9 nitrogen and oxygen atoms in total. The van der Waals surface area contributed by atoms with Crippen LogP contribution in [-0.4, -0.2) is 31.1 Å². The lowest BCUT2D eigenvalue weighted by Crippen LogP contribution is -2.32. The van der Waals surface area contributed by atoms with E-state index in [9.17, 15) is 14.4 Å². The number of H-pyrrole nitrogens is 3. The van der Waals surface area contributed by atoms with Crippen LogP contribution < -0.4 is 16.6 Å². The number of para-hydroxylation sites is 2. The molecule has 9 heteroatoms. The molecule has 0 radical (unpaired) electrons. The number of hydrogen-bond donors (Lipinski definition) is 4.